The van der Waals surface area contributed by atoms with E-state index in [-0.39, 0.29) is 12.0 Å². The molecule has 3 rings (SSSR count). The maximum absolute atomic E-state index is 12.4. The minimum Gasteiger partial charge on any atom is -0.376 e. The number of ether oxygens (including phenoxy) is 1. The highest BCUT2D eigenvalue weighted by atomic mass is 32.1. The number of benzene rings is 1. The fourth-order valence-corrected chi connectivity index (χ4v) is 2.83. The first-order chi connectivity index (χ1) is 10.1. The van der Waals surface area contributed by atoms with Crippen LogP contribution in [0.4, 0.5) is 0 Å². The Morgan fingerprint density at radius 1 is 1.43 bits per heavy atom. The van der Waals surface area contributed by atoms with Gasteiger partial charge in [-0.1, -0.05) is 29.8 Å². The van der Waals surface area contributed by atoms with Crippen LogP contribution in [0.3, 0.4) is 0 Å². The fraction of sp³-hybridized carbons (Fsp3) is 0.375. The number of nitrogens with one attached hydrogen (secondary N) is 1. The summed E-state index contributed by atoms with van der Waals surface area (Å²) in [6.07, 6.45) is 3.98. The van der Waals surface area contributed by atoms with E-state index in [0.717, 1.165) is 25.0 Å². The first-order valence-electron chi connectivity index (χ1n) is 7.16. The molecule has 2 saturated heterocycles. The molecule has 0 bridgehead atoms. The molecule has 0 aromatic heterocycles. The summed E-state index contributed by atoms with van der Waals surface area (Å²) in [7, 11) is 0. The van der Waals surface area contributed by atoms with Crippen LogP contribution in [0, 0.1) is 6.92 Å². The third kappa shape index (κ3) is 3.14. The molecule has 2 heterocycles. The Morgan fingerprint density at radius 3 is 2.86 bits per heavy atom. The molecule has 2 fully saturated rings. The molecule has 1 amide bonds. The summed E-state index contributed by atoms with van der Waals surface area (Å²) in [5.74, 6) is -0.0731. The number of aryl methyl sites for hydroxylation is 1. The molecular weight excluding hydrogens is 284 g/mol. The van der Waals surface area contributed by atoms with Gasteiger partial charge < -0.3 is 10.1 Å². The van der Waals surface area contributed by atoms with Crippen molar-refractivity contribution in [2.75, 3.05) is 13.2 Å². The fourth-order valence-electron chi connectivity index (χ4n) is 2.56. The van der Waals surface area contributed by atoms with Crippen molar-refractivity contribution in [3.63, 3.8) is 0 Å². The molecule has 1 aromatic carbocycles. The first kappa shape index (κ1) is 14.2. The van der Waals surface area contributed by atoms with Crippen LogP contribution in [0.1, 0.15) is 24.0 Å². The van der Waals surface area contributed by atoms with E-state index < -0.39 is 0 Å². The number of carbonyl (C=O) groups is 1. The summed E-state index contributed by atoms with van der Waals surface area (Å²) in [6, 6.07) is 8.02. The molecule has 5 heteroatoms. The van der Waals surface area contributed by atoms with Crippen LogP contribution >= 0.6 is 12.2 Å². The molecule has 1 unspecified atom stereocenters. The summed E-state index contributed by atoms with van der Waals surface area (Å²) in [6.45, 7) is 3.35. The minimum atomic E-state index is -0.0731. The summed E-state index contributed by atoms with van der Waals surface area (Å²) < 4.78 is 5.58. The van der Waals surface area contributed by atoms with Crippen LogP contribution in [0.15, 0.2) is 30.0 Å². The van der Waals surface area contributed by atoms with Crippen LogP contribution in [-0.4, -0.2) is 35.2 Å². The quantitative estimate of drug-likeness (QED) is 0.687. The molecular formula is C16H18N2O2S. The smallest absolute Gasteiger partial charge is 0.276 e. The molecule has 2 aliphatic heterocycles. The molecule has 4 nitrogen and oxygen atoms in total. The van der Waals surface area contributed by atoms with E-state index in [0.29, 0.717) is 17.4 Å². The summed E-state index contributed by atoms with van der Waals surface area (Å²) in [4.78, 5) is 14.0. The van der Waals surface area contributed by atoms with Gasteiger partial charge in [-0.05, 0) is 43.6 Å². The van der Waals surface area contributed by atoms with Gasteiger partial charge in [0.1, 0.15) is 5.70 Å². The Bertz CT molecular complexity index is 589. The number of hydrogen-bond donors (Lipinski definition) is 1. The molecule has 1 atom stereocenters. The Hall–Kier alpha value is -1.72. The number of amides is 1. The predicted octanol–water partition coefficient (Wildman–Crippen LogP) is 2.23. The molecule has 1 N–H and O–H groups in total. The van der Waals surface area contributed by atoms with Gasteiger partial charge in [-0.15, -0.1) is 0 Å². The van der Waals surface area contributed by atoms with Gasteiger partial charge in [-0.2, -0.15) is 0 Å². The summed E-state index contributed by atoms with van der Waals surface area (Å²) in [5, 5.41) is 3.47. The molecule has 0 aliphatic carbocycles. The topological polar surface area (TPSA) is 41.6 Å². The lowest BCUT2D eigenvalue weighted by Crippen LogP contribution is -2.37. The zero-order valence-electron chi connectivity index (χ0n) is 12.0. The van der Waals surface area contributed by atoms with Crippen LogP contribution < -0.4 is 5.32 Å². The van der Waals surface area contributed by atoms with Gasteiger partial charge in [0.2, 0.25) is 0 Å². The van der Waals surface area contributed by atoms with Crippen molar-refractivity contribution in [3.05, 3.63) is 41.1 Å². The van der Waals surface area contributed by atoms with E-state index in [2.05, 4.69) is 5.32 Å². The zero-order valence-corrected chi connectivity index (χ0v) is 12.8. The number of rotatable bonds is 3. The average Bonchev–Trinajstić information content (AvgIpc) is 3.06. The molecule has 0 spiro atoms. The van der Waals surface area contributed by atoms with Gasteiger partial charge in [-0.3, -0.25) is 9.69 Å². The van der Waals surface area contributed by atoms with Gasteiger partial charge in [-0.25, -0.2) is 0 Å². The highest BCUT2D eigenvalue weighted by Crippen LogP contribution is 2.19. The van der Waals surface area contributed by atoms with E-state index >= 15 is 0 Å². The number of hydrogen-bond acceptors (Lipinski definition) is 3. The number of carbonyl (C=O) groups excluding carboxylic acids is 1. The lowest BCUT2D eigenvalue weighted by Gasteiger charge is -2.18. The Labute approximate surface area is 129 Å². The van der Waals surface area contributed by atoms with Crippen molar-refractivity contribution in [2.24, 2.45) is 0 Å². The maximum Gasteiger partial charge on any atom is 0.276 e. The third-order valence-corrected chi connectivity index (χ3v) is 4.08. The van der Waals surface area contributed by atoms with Crippen molar-refractivity contribution in [1.82, 2.24) is 10.2 Å². The second-order valence-corrected chi connectivity index (χ2v) is 5.84. The number of thiocarbonyl (C=S) groups is 1. The van der Waals surface area contributed by atoms with Gasteiger partial charge in [0, 0.05) is 6.61 Å². The summed E-state index contributed by atoms with van der Waals surface area (Å²) >= 11 is 5.26. The largest absolute Gasteiger partial charge is 0.376 e. The van der Waals surface area contributed by atoms with Gasteiger partial charge >= 0.3 is 0 Å². The van der Waals surface area contributed by atoms with Gasteiger partial charge in [0.25, 0.3) is 5.91 Å². The minimum absolute atomic E-state index is 0.0731. The van der Waals surface area contributed by atoms with E-state index in [1.165, 1.54) is 5.56 Å². The molecule has 2 aliphatic rings. The SMILES string of the molecule is Cc1ccc(/C=C2/NC(=S)N(CC3CCCO3)C2=O)cc1. The zero-order chi connectivity index (χ0) is 14.8. The van der Waals surface area contributed by atoms with Crippen LogP contribution in [0.2, 0.25) is 0 Å². The van der Waals surface area contributed by atoms with Gasteiger partial charge in [0.05, 0.1) is 12.6 Å². The van der Waals surface area contributed by atoms with Crippen molar-refractivity contribution in [3.8, 4) is 0 Å². The van der Waals surface area contributed by atoms with E-state index in [1.807, 2.05) is 37.3 Å². The van der Waals surface area contributed by atoms with E-state index in [9.17, 15) is 4.79 Å². The molecule has 110 valence electrons. The maximum atomic E-state index is 12.4. The van der Waals surface area contributed by atoms with E-state index in [1.54, 1.807) is 4.90 Å². The average molecular weight is 302 g/mol. The normalized spacial score (nSPS) is 24.0. The second kappa shape index (κ2) is 5.95. The molecule has 21 heavy (non-hydrogen) atoms. The van der Waals surface area contributed by atoms with Gasteiger partial charge in [0.15, 0.2) is 5.11 Å². The second-order valence-electron chi connectivity index (χ2n) is 5.45. The monoisotopic (exact) mass is 302 g/mol. The van der Waals surface area contributed by atoms with Crippen molar-refractivity contribution in [2.45, 2.75) is 25.9 Å². The number of nitrogens with zero attached hydrogens (tertiary/aromatic N) is 1. The Kier molecular flexibility index (Phi) is 4.03. The molecule has 1 aromatic rings. The lowest BCUT2D eigenvalue weighted by atomic mass is 10.1. The summed E-state index contributed by atoms with van der Waals surface area (Å²) in [5.41, 5.74) is 2.71. The van der Waals surface area contributed by atoms with Crippen LogP contribution in [0.5, 0.6) is 0 Å². The van der Waals surface area contributed by atoms with Crippen molar-refractivity contribution in [1.29, 1.82) is 0 Å². The first-order valence-corrected chi connectivity index (χ1v) is 7.57. The highest BCUT2D eigenvalue weighted by molar-refractivity contribution is 7.80. The third-order valence-electron chi connectivity index (χ3n) is 3.76. The predicted molar refractivity (Wildman–Crippen MR) is 85.6 cm³/mol. The van der Waals surface area contributed by atoms with Crippen LogP contribution in [-0.2, 0) is 9.53 Å². The molecule has 0 saturated carbocycles. The highest BCUT2D eigenvalue weighted by Gasteiger charge is 2.33. The van der Waals surface area contributed by atoms with E-state index in [4.69, 9.17) is 17.0 Å². The molecule has 0 radical (unpaired) electrons. The Balaban J connectivity index is 1.74. The van der Waals surface area contributed by atoms with Crippen molar-refractivity contribution >= 4 is 29.3 Å². The Morgan fingerprint density at radius 2 is 2.19 bits per heavy atom. The van der Waals surface area contributed by atoms with Crippen molar-refractivity contribution < 1.29 is 9.53 Å². The standard InChI is InChI=1S/C16H18N2O2S/c1-11-4-6-12(7-5-11)9-14-15(19)18(16(21)17-14)10-13-3-2-8-20-13/h4-7,9,13H,2-3,8,10H2,1H3,(H,17,21)/b14-9+. The lowest BCUT2D eigenvalue weighted by molar-refractivity contribution is -0.123. The van der Waals surface area contributed by atoms with Crippen LogP contribution in [0.25, 0.3) is 6.08 Å².